The summed E-state index contributed by atoms with van der Waals surface area (Å²) in [7, 11) is 0. The van der Waals surface area contributed by atoms with E-state index < -0.39 is 24.4 Å². The van der Waals surface area contributed by atoms with Gasteiger partial charge in [-0.2, -0.15) is 9.97 Å². The first-order valence-electron chi connectivity index (χ1n) is 10.6. The van der Waals surface area contributed by atoms with Crippen molar-refractivity contribution in [3.63, 3.8) is 0 Å². The molecule has 2 fully saturated rings. The van der Waals surface area contributed by atoms with Gasteiger partial charge in [-0.15, -0.1) is 0 Å². The lowest BCUT2D eigenvalue weighted by molar-refractivity contribution is 0.121. The fourth-order valence-electron chi connectivity index (χ4n) is 4.08. The fourth-order valence-corrected chi connectivity index (χ4v) is 4.08. The molecule has 174 valence electrons. The normalized spacial score (nSPS) is 18.9. The van der Waals surface area contributed by atoms with Crippen LogP contribution < -0.4 is 9.64 Å². The van der Waals surface area contributed by atoms with E-state index in [1.54, 1.807) is 24.3 Å². The number of aromatic nitrogens is 4. The number of amides is 1. The highest BCUT2D eigenvalue weighted by Gasteiger charge is 2.29. The average Bonchev–Trinajstić information content (AvgIpc) is 3.44. The van der Waals surface area contributed by atoms with Gasteiger partial charge in [-0.3, -0.25) is 4.57 Å². The second kappa shape index (κ2) is 8.77. The minimum absolute atomic E-state index is 0.191. The molecule has 5 rings (SSSR count). The third-order valence-electron chi connectivity index (χ3n) is 5.69. The number of hydrogen-bond donors (Lipinski definition) is 1. The Hall–Kier alpha value is -3.54. The second-order valence-electron chi connectivity index (χ2n) is 7.82. The number of para-hydroxylation sites is 2. The van der Waals surface area contributed by atoms with Crippen molar-refractivity contribution in [1.82, 2.24) is 24.4 Å². The van der Waals surface area contributed by atoms with Crippen molar-refractivity contribution >= 4 is 23.1 Å². The van der Waals surface area contributed by atoms with Crippen LogP contribution in [0.3, 0.4) is 0 Å². The zero-order chi connectivity index (χ0) is 22.9. The predicted molar refractivity (Wildman–Crippen MR) is 113 cm³/mol. The van der Waals surface area contributed by atoms with Gasteiger partial charge in [0.05, 0.1) is 30.8 Å². The third-order valence-corrected chi connectivity index (χ3v) is 5.69. The number of anilines is 1. The zero-order valence-electron chi connectivity index (χ0n) is 17.6. The number of halogens is 2. The summed E-state index contributed by atoms with van der Waals surface area (Å²) in [6, 6.07) is 8.34. The largest absolute Gasteiger partial charge is 0.472 e. The molecule has 3 aromatic rings. The number of fused-ring (bicyclic) bond motifs is 1. The van der Waals surface area contributed by atoms with Gasteiger partial charge in [-0.1, -0.05) is 12.1 Å². The van der Waals surface area contributed by atoms with E-state index in [1.165, 1.54) is 15.5 Å². The Bertz CT molecular complexity index is 1170. The van der Waals surface area contributed by atoms with E-state index in [-0.39, 0.29) is 18.2 Å². The van der Waals surface area contributed by atoms with Crippen LogP contribution in [-0.2, 0) is 4.74 Å². The number of carboxylic acid groups (broad SMARTS) is 1. The molecule has 0 radical (unpaired) electrons. The monoisotopic (exact) mass is 460 g/mol. The number of imidazole rings is 1. The number of likely N-dealkylation sites (tertiary alicyclic amines) is 1. The first-order valence-corrected chi connectivity index (χ1v) is 10.6. The van der Waals surface area contributed by atoms with Gasteiger partial charge in [0.25, 0.3) is 6.43 Å². The number of alkyl halides is 2. The highest BCUT2D eigenvalue weighted by Crippen LogP contribution is 2.30. The van der Waals surface area contributed by atoms with E-state index in [0.29, 0.717) is 56.3 Å². The molecule has 1 N–H and O–H groups in total. The Morgan fingerprint density at radius 1 is 1.15 bits per heavy atom. The van der Waals surface area contributed by atoms with Gasteiger partial charge in [0.15, 0.2) is 5.82 Å². The lowest BCUT2D eigenvalue weighted by Crippen LogP contribution is -2.37. The molecule has 2 aliphatic rings. The van der Waals surface area contributed by atoms with E-state index in [4.69, 9.17) is 9.47 Å². The Balaban J connectivity index is 1.57. The van der Waals surface area contributed by atoms with E-state index in [1.807, 2.05) is 4.90 Å². The van der Waals surface area contributed by atoms with Gasteiger partial charge in [0, 0.05) is 32.1 Å². The molecular formula is C21H22F2N6O4. The van der Waals surface area contributed by atoms with Crippen LogP contribution in [0.25, 0.3) is 16.9 Å². The summed E-state index contributed by atoms with van der Waals surface area (Å²) < 4.78 is 40.5. The SMILES string of the molecule is O=C(O)N1CC[C@H](Oc2cc(-n3c(C(F)F)nc4ccccc43)nc(N3CCOCC3)n2)C1. The highest BCUT2D eigenvalue weighted by atomic mass is 19.3. The Morgan fingerprint density at radius 2 is 1.94 bits per heavy atom. The first-order chi connectivity index (χ1) is 16.0. The standard InChI is InChI=1S/C21H22F2N6O4/c22-18(23)19-24-14-3-1-2-4-15(14)29(19)16-11-17(33-13-5-6-28(12-13)21(30)31)26-20(25-16)27-7-9-32-10-8-27/h1-4,11,13,18H,5-10,12H2,(H,30,31)/t13-/m0/s1. The van der Waals surface area contributed by atoms with Crippen LogP contribution in [0.5, 0.6) is 5.88 Å². The summed E-state index contributed by atoms with van der Waals surface area (Å²) in [6.45, 7) is 2.65. The van der Waals surface area contributed by atoms with Gasteiger partial charge in [0.2, 0.25) is 11.8 Å². The quantitative estimate of drug-likeness (QED) is 0.620. The third kappa shape index (κ3) is 4.25. The van der Waals surface area contributed by atoms with Crippen LogP contribution in [0.4, 0.5) is 19.5 Å². The number of nitrogens with zero attached hydrogens (tertiary/aromatic N) is 6. The maximum Gasteiger partial charge on any atom is 0.407 e. The predicted octanol–water partition coefficient (Wildman–Crippen LogP) is 2.72. The molecule has 12 heteroatoms. The molecule has 0 bridgehead atoms. The first kappa shape index (κ1) is 21.3. The summed E-state index contributed by atoms with van der Waals surface area (Å²) in [6.07, 6.45) is -3.71. The van der Waals surface area contributed by atoms with Crippen molar-refractivity contribution < 1.29 is 28.2 Å². The number of morpholine rings is 1. The molecule has 1 atom stereocenters. The van der Waals surface area contributed by atoms with Gasteiger partial charge in [-0.25, -0.2) is 18.6 Å². The van der Waals surface area contributed by atoms with Crippen molar-refractivity contribution in [3.05, 3.63) is 36.2 Å². The number of hydrogen-bond acceptors (Lipinski definition) is 7. The van der Waals surface area contributed by atoms with Crippen LogP contribution in [0.2, 0.25) is 0 Å². The number of ether oxygens (including phenoxy) is 2. The van der Waals surface area contributed by atoms with Crippen molar-refractivity contribution in [2.45, 2.75) is 19.0 Å². The van der Waals surface area contributed by atoms with Crippen molar-refractivity contribution in [3.8, 4) is 11.7 Å². The highest BCUT2D eigenvalue weighted by molar-refractivity contribution is 5.78. The number of benzene rings is 1. The molecule has 10 nitrogen and oxygen atoms in total. The maximum atomic E-state index is 13.9. The van der Waals surface area contributed by atoms with Crippen LogP contribution in [0.15, 0.2) is 30.3 Å². The molecule has 2 aromatic heterocycles. The average molecular weight is 460 g/mol. The summed E-state index contributed by atoms with van der Waals surface area (Å²) in [5, 5.41) is 9.21. The molecule has 2 aliphatic heterocycles. The molecule has 1 amide bonds. The lowest BCUT2D eigenvalue weighted by atomic mass is 10.3. The maximum absolute atomic E-state index is 13.9. The zero-order valence-corrected chi connectivity index (χ0v) is 17.6. The molecule has 4 heterocycles. The minimum Gasteiger partial charge on any atom is -0.472 e. The van der Waals surface area contributed by atoms with Crippen LogP contribution in [-0.4, -0.2) is 81.1 Å². The minimum atomic E-state index is -2.82. The van der Waals surface area contributed by atoms with E-state index in [9.17, 15) is 18.7 Å². The topological polar surface area (TPSA) is 106 Å². The smallest absolute Gasteiger partial charge is 0.407 e. The van der Waals surface area contributed by atoms with Crippen molar-refractivity contribution in [1.29, 1.82) is 0 Å². The van der Waals surface area contributed by atoms with Gasteiger partial charge in [0.1, 0.15) is 11.9 Å². The summed E-state index contributed by atoms with van der Waals surface area (Å²) in [5.41, 5.74) is 0.915. The van der Waals surface area contributed by atoms with Crippen LogP contribution >= 0.6 is 0 Å². The fraction of sp³-hybridized carbons (Fsp3) is 0.429. The summed E-state index contributed by atoms with van der Waals surface area (Å²) >= 11 is 0. The van der Waals surface area contributed by atoms with Crippen molar-refractivity contribution in [2.24, 2.45) is 0 Å². The Kier molecular flexibility index (Phi) is 5.67. The van der Waals surface area contributed by atoms with Crippen LogP contribution in [0, 0.1) is 0 Å². The van der Waals surface area contributed by atoms with E-state index in [2.05, 4.69) is 15.0 Å². The molecule has 33 heavy (non-hydrogen) atoms. The molecule has 1 aromatic carbocycles. The summed E-state index contributed by atoms with van der Waals surface area (Å²) in [5.74, 6) is 0.305. The van der Waals surface area contributed by atoms with E-state index in [0.717, 1.165) is 0 Å². The van der Waals surface area contributed by atoms with Crippen LogP contribution in [0.1, 0.15) is 18.7 Å². The van der Waals surface area contributed by atoms with E-state index >= 15 is 0 Å². The molecule has 0 saturated carbocycles. The van der Waals surface area contributed by atoms with Gasteiger partial charge < -0.3 is 24.4 Å². The molecule has 0 unspecified atom stereocenters. The molecule has 2 saturated heterocycles. The number of rotatable bonds is 5. The van der Waals surface area contributed by atoms with Gasteiger partial charge in [-0.05, 0) is 12.1 Å². The van der Waals surface area contributed by atoms with Crippen molar-refractivity contribution in [2.75, 3.05) is 44.3 Å². The Labute approximate surface area is 187 Å². The number of carbonyl (C=O) groups is 1. The second-order valence-corrected chi connectivity index (χ2v) is 7.82. The molecule has 0 aliphatic carbocycles. The Morgan fingerprint density at radius 3 is 2.67 bits per heavy atom. The lowest BCUT2D eigenvalue weighted by Gasteiger charge is -2.27. The molecular weight excluding hydrogens is 438 g/mol. The van der Waals surface area contributed by atoms with Gasteiger partial charge >= 0.3 is 6.09 Å². The summed E-state index contributed by atoms with van der Waals surface area (Å²) in [4.78, 5) is 27.6. The molecule has 0 spiro atoms.